The highest BCUT2D eigenvalue weighted by Crippen LogP contribution is 2.33. The van der Waals surface area contributed by atoms with Gasteiger partial charge in [0.25, 0.3) is 0 Å². The summed E-state index contributed by atoms with van der Waals surface area (Å²) in [6, 6.07) is 10.6. The van der Waals surface area contributed by atoms with E-state index in [-0.39, 0.29) is 5.82 Å². The van der Waals surface area contributed by atoms with Gasteiger partial charge in [-0.3, -0.25) is 4.40 Å². The van der Waals surface area contributed by atoms with Crippen molar-refractivity contribution in [1.82, 2.24) is 24.3 Å². The number of aromatic nitrogens is 4. The molecule has 0 aliphatic rings. The Kier molecular flexibility index (Phi) is 5.11. The second kappa shape index (κ2) is 7.72. The lowest BCUT2D eigenvalue weighted by atomic mass is 10.1. The number of hydrogen-bond acceptors (Lipinski definition) is 4. The van der Waals surface area contributed by atoms with Crippen LogP contribution in [0.1, 0.15) is 23.9 Å². The van der Waals surface area contributed by atoms with E-state index < -0.39 is 0 Å². The molecule has 5 nitrogen and oxygen atoms in total. The van der Waals surface area contributed by atoms with Gasteiger partial charge in [0.1, 0.15) is 17.3 Å². The van der Waals surface area contributed by atoms with E-state index in [9.17, 15) is 4.39 Å². The van der Waals surface area contributed by atoms with Gasteiger partial charge in [0, 0.05) is 30.9 Å². The molecule has 0 saturated heterocycles. The lowest BCUT2D eigenvalue weighted by Crippen LogP contribution is -2.10. The summed E-state index contributed by atoms with van der Waals surface area (Å²) in [7, 11) is 4.09. The summed E-state index contributed by atoms with van der Waals surface area (Å²) in [5, 5.41) is 0. The largest absolute Gasteiger partial charge is 0.305 e. The number of halogens is 1. The predicted molar refractivity (Wildman–Crippen MR) is 113 cm³/mol. The lowest BCUT2D eigenvalue weighted by Gasteiger charge is -2.11. The van der Waals surface area contributed by atoms with Gasteiger partial charge in [0.15, 0.2) is 0 Å². The summed E-state index contributed by atoms with van der Waals surface area (Å²) in [6.07, 6.45) is 4.65. The molecule has 4 aromatic rings. The van der Waals surface area contributed by atoms with Gasteiger partial charge in [-0.1, -0.05) is 6.92 Å². The first-order chi connectivity index (χ1) is 14.0. The molecule has 0 amide bonds. The number of fused-ring (bicyclic) bond motifs is 1. The molecule has 4 rings (SSSR count). The van der Waals surface area contributed by atoms with E-state index in [4.69, 9.17) is 9.97 Å². The molecule has 0 spiro atoms. The van der Waals surface area contributed by atoms with Crippen LogP contribution in [0.4, 0.5) is 4.39 Å². The molecular formula is C23H24FN5. The third kappa shape index (κ3) is 3.76. The Labute approximate surface area is 169 Å². The van der Waals surface area contributed by atoms with Gasteiger partial charge in [0.2, 0.25) is 0 Å². The Bertz CT molecular complexity index is 1160. The minimum atomic E-state index is -0.265. The van der Waals surface area contributed by atoms with Crippen LogP contribution in [-0.4, -0.2) is 38.3 Å². The third-order valence-electron chi connectivity index (χ3n) is 4.87. The monoisotopic (exact) mass is 389 g/mol. The number of benzene rings is 1. The summed E-state index contributed by atoms with van der Waals surface area (Å²) in [4.78, 5) is 16.3. The van der Waals surface area contributed by atoms with Crippen LogP contribution < -0.4 is 0 Å². The average molecular weight is 389 g/mol. The van der Waals surface area contributed by atoms with E-state index in [0.717, 1.165) is 52.6 Å². The number of rotatable bonds is 5. The molecule has 29 heavy (non-hydrogen) atoms. The summed E-state index contributed by atoms with van der Waals surface area (Å²) < 4.78 is 15.6. The van der Waals surface area contributed by atoms with Gasteiger partial charge in [-0.25, -0.2) is 19.3 Å². The second-order valence-electron chi connectivity index (χ2n) is 7.49. The zero-order valence-electron chi connectivity index (χ0n) is 17.1. The smallest absolute Gasteiger partial charge is 0.138 e. The molecule has 0 fully saturated rings. The van der Waals surface area contributed by atoms with E-state index in [1.165, 1.54) is 17.7 Å². The predicted octanol–water partition coefficient (Wildman–Crippen LogP) is 4.53. The van der Waals surface area contributed by atoms with Crippen molar-refractivity contribution in [3.8, 4) is 22.6 Å². The van der Waals surface area contributed by atoms with E-state index >= 15 is 0 Å². The van der Waals surface area contributed by atoms with Crippen LogP contribution >= 0.6 is 0 Å². The van der Waals surface area contributed by atoms with Crippen LogP contribution in [-0.2, 0) is 13.0 Å². The van der Waals surface area contributed by atoms with Crippen molar-refractivity contribution >= 4 is 5.65 Å². The Morgan fingerprint density at radius 1 is 1.03 bits per heavy atom. The molecule has 0 saturated carbocycles. The first-order valence-electron chi connectivity index (χ1n) is 9.70. The highest BCUT2D eigenvalue weighted by atomic mass is 19.1. The van der Waals surface area contributed by atoms with Crippen LogP contribution in [0, 0.1) is 12.7 Å². The number of pyridine rings is 1. The molecule has 6 heteroatoms. The maximum Gasteiger partial charge on any atom is 0.138 e. The molecule has 0 radical (unpaired) electrons. The molecule has 3 aromatic heterocycles. The van der Waals surface area contributed by atoms with Gasteiger partial charge in [0.05, 0.1) is 17.1 Å². The topological polar surface area (TPSA) is 46.3 Å². The Morgan fingerprint density at radius 2 is 1.79 bits per heavy atom. The SMILES string of the molecule is CCc1ncc(C)c(-c2c(-c3ccc(F)cc3)nc3cc(CN(C)C)ccn23)n1. The minimum absolute atomic E-state index is 0.265. The molecule has 0 atom stereocenters. The fraction of sp³-hybridized carbons (Fsp3) is 0.261. The molecule has 0 N–H and O–H groups in total. The quantitative estimate of drug-likeness (QED) is 0.503. The summed E-state index contributed by atoms with van der Waals surface area (Å²) in [5.74, 6) is 0.522. The molecule has 3 heterocycles. The van der Waals surface area contributed by atoms with E-state index in [0.29, 0.717) is 0 Å². The number of aryl methyl sites for hydroxylation is 2. The fourth-order valence-corrected chi connectivity index (χ4v) is 3.47. The molecule has 0 unspecified atom stereocenters. The van der Waals surface area contributed by atoms with Crippen LogP contribution in [0.3, 0.4) is 0 Å². The first kappa shape index (κ1) is 19.2. The minimum Gasteiger partial charge on any atom is -0.305 e. The van der Waals surface area contributed by atoms with E-state index in [2.05, 4.69) is 26.4 Å². The van der Waals surface area contributed by atoms with Crippen molar-refractivity contribution in [1.29, 1.82) is 0 Å². The van der Waals surface area contributed by atoms with Gasteiger partial charge in [-0.05, 0) is 68.5 Å². The zero-order valence-corrected chi connectivity index (χ0v) is 17.1. The molecule has 0 bridgehead atoms. The maximum absolute atomic E-state index is 13.5. The van der Waals surface area contributed by atoms with E-state index in [1.807, 2.05) is 40.3 Å². The van der Waals surface area contributed by atoms with Crippen molar-refractivity contribution in [3.05, 3.63) is 71.6 Å². The highest BCUT2D eigenvalue weighted by Gasteiger charge is 2.20. The normalized spacial score (nSPS) is 11.5. The molecule has 1 aromatic carbocycles. The summed E-state index contributed by atoms with van der Waals surface area (Å²) >= 11 is 0. The second-order valence-corrected chi connectivity index (χ2v) is 7.49. The summed E-state index contributed by atoms with van der Waals surface area (Å²) in [6.45, 7) is 4.87. The molecule has 148 valence electrons. The van der Waals surface area contributed by atoms with Gasteiger partial charge in [-0.15, -0.1) is 0 Å². The molecule has 0 aliphatic carbocycles. The third-order valence-corrected chi connectivity index (χ3v) is 4.87. The number of nitrogens with zero attached hydrogens (tertiary/aromatic N) is 5. The van der Waals surface area contributed by atoms with Crippen LogP contribution in [0.15, 0.2) is 48.8 Å². The van der Waals surface area contributed by atoms with Crippen molar-refractivity contribution < 1.29 is 4.39 Å². The Balaban J connectivity index is 1.99. The Hall–Kier alpha value is -3.12. The number of imidazole rings is 1. The summed E-state index contributed by atoms with van der Waals surface area (Å²) in [5.41, 5.74) is 6.39. The molecular weight excluding hydrogens is 365 g/mol. The lowest BCUT2D eigenvalue weighted by molar-refractivity contribution is 0.402. The van der Waals surface area contributed by atoms with Crippen LogP contribution in [0.2, 0.25) is 0 Å². The fourth-order valence-electron chi connectivity index (χ4n) is 3.47. The van der Waals surface area contributed by atoms with Gasteiger partial charge >= 0.3 is 0 Å². The van der Waals surface area contributed by atoms with Crippen molar-refractivity contribution in [2.75, 3.05) is 14.1 Å². The number of hydrogen-bond donors (Lipinski definition) is 0. The van der Waals surface area contributed by atoms with E-state index in [1.54, 1.807) is 12.1 Å². The van der Waals surface area contributed by atoms with Gasteiger partial charge < -0.3 is 4.90 Å². The van der Waals surface area contributed by atoms with Crippen molar-refractivity contribution in [2.24, 2.45) is 0 Å². The standard InChI is InChI=1S/C23H24FN5/c1-5-19-25-13-15(2)21(26-19)23-22(17-6-8-18(24)9-7-17)27-20-12-16(14-28(3)4)10-11-29(20)23/h6-13H,5,14H2,1-4H3. The van der Waals surface area contributed by atoms with Crippen molar-refractivity contribution in [2.45, 2.75) is 26.8 Å². The Morgan fingerprint density at radius 3 is 2.48 bits per heavy atom. The molecule has 0 aliphatic heterocycles. The average Bonchev–Trinajstić information content (AvgIpc) is 3.07. The first-order valence-corrected chi connectivity index (χ1v) is 9.70. The van der Waals surface area contributed by atoms with Crippen LogP contribution in [0.5, 0.6) is 0 Å². The van der Waals surface area contributed by atoms with Crippen molar-refractivity contribution in [3.63, 3.8) is 0 Å². The maximum atomic E-state index is 13.5. The van der Waals surface area contributed by atoms with Gasteiger partial charge in [-0.2, -0.15) is 0 Å². The van der Waals surface area contributed by atoms with Crippen LogP contribution in [0.25, 0.3) is 28.3 Å². The zero-order chi connectivity index (χ0) is 20.5. The highest BCUT2D eigenvalue weighted by molar-refractivity contribution is 5.81.